The minimum Gasteiger partial charge on any atom is -0.465 e. The summed E-state index contributed by atoms with van der Waals surface area (Å²) in [4.78, 5) is 24.7. The molecule has 2 fully saturated rings. The molecule has 1 aliphatic heterocycles. The zero-order chi connectivity index (χ0) is 26.2. The van der Waals surface area contributed by atoms with Gasteiger partial charge in [-0.1, -0.05) is 34.6 Å². The lowest BCUT2D eigenvalue weighted by molar-refractivity contribution is -0.124. The summed E-state index contributed by atoms with van der Waals surface area (Å²) < 4.78 is 40.8. The van der Waals surface area contributed by atoms with Gasteiger partial charge in [0, 0.05) is 19.1 Å². The van der Waals surface area contributed by atoms with Crippen molar-refractivity contribution in [3.63, 3.8) is 0 Å². The molecule has 3 N–H and O–H groups in total. The second-order valence-electron chi connectivity index (χ2n) is 12.0. The number of hydrogen-bond acceptors (Lipinski definition) is 4. The molecule has 0 bridgehead atoms. The van der Waals surface area contributed by atoms with Crippen LogP contribution in [-0.2, 0) is 14.8 Å². The van der Waals surface area contributed by atoms with Crippen LogP contribution >= 0.6 is 0 Å². The highest BCUT2D eigenvalue weighted by atomic mass is 32.2. The molecule has 3 rings (SSSR count). The molecule has 1 aromatic carbocycles. The third-order valence-electron chi connectivity index (χ3n) is 6.98. The van der Waals surface area contributed by atoms with Crippen LogP contribution in [0.1, 0.15) is 60.3 Å². The van der Waals surface area contributed by atoms with Crippen molar-refractivity contribution >= 4 is 22.0 Å². The summed E-state index contributed by atoms with van der Waals surface area (Å²) in [5.74, 6) is -0.818. The maximum Gasteiger partial charge on any atom is 0.405 e. The molecule has 0 aromatic heterocycles. The van der Waals surface area contributed by atoms with E-state index < -0.39 is 28.0 Å². The number of halogens is 1. The predicted octanol–water partition coefficient (Wildman–Crippen LogP) is 3.83. The smallest absolute Gasteiger partial charge is 0.405 e. The van der Waals surface area contributed by atoms with Crippen molar-refractivity contribution in [1.29, 1.82) is 0 Å². The number of nitrogens with zero attached hydrogens (tertiary/aromatic N) is 1. The van der Waals surface area contributed by atoms with Crippen molar-refractivity contribution in [2.45, 2.75) is 77.3 Å². The van der Waals surface area contributed by atoms with E-state index in [0.717, 1.165) is 31.4 Å². The van der Waals surface area contributed by atoms with E-state index in [2.05, 4.69) is 31.4 Å². The number of rotatable bonds is 8. The molecule has 1 aliphatic carbocycles. The number of carbonyl (C=O) groups is 2. The molecule has 35 heavy (non-hydrogen) atoms. The van der Waals surface area contributed by atoms with Crippen LogP contribution in [0.25, 0.3) is 0 Å². The van der Waals surface area contributed by atoms with Gasteiger partial charge in [0.25, 0.3) is 0 Å². The maximum absolute atomic E-state index is 13.3. The first-order chi connectivity index (χ1) is 16.1. The van der Waals surface area contributed by atoms with E-state index in [-0.39, 0.29) is 46.1 Å². The molecular formula is C25H38FN3O5S. The Hall–Kier alpha value is -2.20. The third kappa shape index (κ3) is 6.94. The Balaban J connectivity index is 1.68. The Morgan fingerprint density at radius 3 is 2.31 bits per heavy atom. The van der Waals surface area contributed by atoms with Gasteiger partial charge in [-0.2, -0.15) is 4.31 Å². The largest absolute Gasteiger partial charge is 0.465 e. The molecular weight excluding hydrogens is 473 g/mol. The molecule has 0 unspecified atom stereocenters. The van der Waals surface area contributed by atoms with Gasteiger partial charge >= 0.3 is 6.09 Å². The van der Waals surface area contributed by atoms with E-state index in [0.29, 0.717) is 13.0 Å². The van der Waals surface area contributed by atoms with Gasteiger partial charge in [0.2, 0.25) is 15.9 Å². The Morgan fingerprint density at radius 2 is 1.74 bits per heavy atom. The lowest BCUT2D eigenvalue weighted by Crippen LogP contribution is -2.52. The summed E-state index contributed by atoms with van der Waals surface area (Å²) >= 11 is 0. The molecule has 1 saturated heterocycles. The van der Waals surface area contributed by atoms with Crippen LogP contribution in [-0.4, -0.2) is 55.0 Å². The fraction of sp³-hybridized carbons (Fsp3) is 0.680. The van der Waals surface area contributed by atoms with Crippen LogP contribution < -0.4 is 10.6 Å². The van der Waals surface area contributed by atoms with Gasteiger partial charge in [-0.25, -0.2) is 17.6 Å². The normalized spacial score (nSPS) is 24.1. The number of nitrogens with one attached hydrogen (secondary N) is 2. The molecule has 10 heteroatoms. The minimum absolute atomic E-state index is 0.0236. The first-order valence-electron chi connectivity index (χ1n) is 12.1. The molecule has 1 heterocycles. The number of hydrogen-bond donors (Lipinski definition) is 3. The van der Waals surface area contributed by atoms with Gasteiger partial charge in [-0.3, -0.25) is 4.79 Å². The van der Waals surface area contributed by atoms with Crippen molar-refractivity contribution in [1.82, 2.24) is 14.9 Å². The summed E-state index contributed by atoms with van der Waals surface area (Å²) in [6.45, 7) is 11.0. The first kappa shape index (κ1) is 27.4. The first-order valence-corrected chi connectivity index (χ1v) is 13.6. The quantitative estimate of drug-likeness (QED) is 0.491. The molecule has 0 spiro atoms. The van der Waals surface area contributed by atoms with Crippen LogP contribution in [0.15, 0.2) is 29.2 Å². The highest BCUT2D eigenvalue weighted by molar-refractivity contribution is 7.89. The van der Waals surface area contributed by atoms with E-state index in [4.69, 9.17) is 0 Å². The van der Waals surface area contributed by atoms with Gasteiger partial charge in [0.05, 0.1) is 4.90 Å². The highest BCUT2D eigenvalue weighted by Gasteiger charge is 2.47. The van der Waals surface area contributed by atoms with E-state index >= 15 is 0 Å². The topological polar surface area (TPSA) is 116 Å². The fourth-order valence-electron chi connectivity index (χ4n) is 6.06. The van der Waals surface area contributed by atoms with Crippen LogP contribution in [0, 0.1) is 28.5 Å². The maximum atomic E-state index is 13.3. The Labute approximate surface area is 207 Å². The number of carbonyl (C=O) groups excluding carboxylic acids is 1. The van der Waals surface area contributed by atoms with Crippen molar-refractivity contribution in [2.24, 2.45) is 22.7 Å². The monoisotopic (exact) mass is 511 g/mol. The van der Waals surface area contributed by atoms with Gasteiger partial charge in [0.1, 0.15) is 11.9 Å². The lowest BCUT2D eigenvalue weighted by atomic mass is 9.73. The van der Waals surface area contributed by atoms with Crippen molar-refractivity contribution in [3.05, 3.63) is 30.1 Å². The molecule has 1 saturated carbocycles. The predicted molar refractivity (Wildman–Crippen MR) is 131 cm³/mol. The van der Waals surface area contributed by atoms with Gasteiger partial charge in [-0.05, 0) is 72.6 Å². The molecule has 196 valence electrons. The Bertz CT molecular complexity index is 1040. The van der Waals surface area contributed by atoms with Crippen molar-refractivity contribution in [2.75, 3.05) is 13.1 Å². The summed E-state index contributed by atoms with van der Waals surface area (Å²) in [7, 11) is -3.76. The van der Waals surface area contributed by atoms with E-state index in [1.807, 2.05) is 13.8 Å². The second kappa shape index (κ2) is 10.0. The molecule has 4 atom stereocenters. The standard InChI is InChI=1S/C25H38FN3O5S/c1-24(2,3)15-25(4,5)12-21(28-23(31)32)22(30)27-20-11-6-16-13-29(14-19(16)20)35(33,34)18-9-7-17(26)8-10-18/h7-10,16,19-21,28H,6,11-15H2,1-5H3,(H,27,30)(H,31,32)/t16-,19+,20+,21+/m1/s1. The SMILES string of the molecule is CC(C)(C)CC(C)(C)C[C@H](NC(=O)O)C(=O)N[C@H]1CC[C@@H]2CN(S(=O)(=O)c3ccc(F)cc3)C[C@@H]21. The zero-order valence-electron chi connectivity index (χ0n) is 21.2. The molecule has 2 aliphatic rings. The molecule has 8 nitrogen and oxygen atoms in total. The Morgan fingerprint density at radius 1 is 1.11 bits per heavy atom. The third-order valence-corrected chi connectivity index (χ3v) is 8.83. The Kier molecular flexibility index (Phi) is 7.86. The number of sulfonamides is 1. The van der Waals surface area contributed by atoms with Crippen molar-refractivity contribution < 1.29 is 27.5 Å². The van der Waals surface area contributed by atoms with E-state index in [9.17, 15) is 27.5 Å². The van der Waals surface area contributed by atoms with E-state index in [1.165, 1.54) is 16.4 Å². The van der Waals surface area contributed by atoms with Crippen LogP contribution in [0.2, 0.25) is 0 Å². The summed E-state index contributed by atoms with van der Waals surface area (Å²) in [5, 5.41) is 14.7. The minimum atomic E-state index is -3.76. The van der Waals surface area contributed by atoms with Gasteiger partial charge in [-0.15, -0.1) is 0 Å². The van der Waals surface area contributed by atoms with Crippen LogP contribution in [0.4, 0.5) is 9.18 Å². The summed E-state index contributed by atoms with van der Waals surface area (Å²) in [5.41, 5.74) is -0.246. The molecule has 0 radical (unpaired) electrons. The van der Waals surface area contributed by atoms with Crippen molar-refractivity contribution in [3.8, 4) is 0 Å². The lowest BCUT2D eigenvalue weighted by Gasteiger charge is -2.35. The summed E-state index contributed by atoms with van der Waals surface area (Å²) in [6.07, 6.45) is 1.41. The molecule has 2 amide bonds. The van der Waals surface area contributed by atoms with Gasteiger partial charge < -0.3 is 15.7 Å². The second-order valence-corrected chi connectivity index (χ2v) is 13.9. The number of fused-ring (bicyclic) bond motifs is 1. The van der Waals surface area contributed by atoms with Crippen LogP contribution in [0.3, 0.4) is 0 Å². The average Bonchev–Trinajstić information content (AvgIpc) is 3.28. The fourth-order valence-corrected chi connectivity index (χ4v) is 7.59. The average molecular weight is 512 g/mol. The summed E-state index contributed by atoms with van der Waals surface area (Å²) in [6, 6.07) is 3.65. The van der Waals surface area contributed by atoms with Gasteiger partial charge in [0.15, 0.2) is 0 Å². The number of carboxylic acid groups (broad SMARTS) is 1. The zero-order valence-corrected chi connectivity index (χ0v) is 22.0. The highest BCUT2D eigenvalue weighted by Crippen LogP contribution is 2.41. The van der Waals surface area contributed by atoms with Crippen LogP contribution in [0.5, 0.6) is 0 Å². The molecule has 1 aromatic rings. The van der Waals surface area contributed by atoms with E-state index in [1.54, 1.807) is 0 Å². The number of amides is 2. The number of benzene rings is 1.